The molecule has 0 aliphatic heterocycles. The summed E-state index contributed by atoms with van der Waals surface area (Å²) in [5.41, 5.74) is 0.453. The van der Waals surface area contributed by atoms with Gasteiger partial charge in [-0.05, 0) is 47.1 Å². The lowest BCUT2D eigenvalue weighted by Crippen LogP contribution is -2.17. The molecule has 0 atom stereocenters. The van der Waals surface area contributed by atoms with Crippen molar-refractivity contribution in [1.82, 2.24) is 9.97 Å². The number of hydrogen-bond acceptors (Lipinski definition) is 5. The number of sulfonamides is 1. The van der Waals surface area contributed by atoms with Gasteiger partial charge in [0.2, 0.25) is 0 Å². The third kappa shape index (κ3) is 3.26. The third-order valence-corrected chi connectivity index (χ3v) is 4.32. The second kappa shape index (κ2) is 6.19. The smallest absolute Gasteiger partial charge is 0.282 e. The van der Waals surface area contributed by atoms with E-state index in [9.17, 15) is 8.42 Å². The summed E-state index contributed by atoms with van der Waals surface area (Å²) in [5.74, 6) is 0.223. The molecule has 2 rings (SSSR count). The Balaban J connectivity index is 2.39. The number of nitrogens with one attached hydrogen (secondary N) is 2. The molecule has 106 valence electrons. The molecular weight excluding hydrogens is 344 g/mol. The van der Waals surface area contributed by atoms with Gasteiger partial charge in [-0.15, -0.1) is 0 Å². The van der Waals surface area contributed by atoms with Crippen LogP contribution in [0.5, 0.6) is 0 Å². The van der Waals surface area contributed by atoms with E-state index in [2.05, 4.69) is 35.9 Å². The molecule has 0 saturated carbocycles. The summed E-state index contributed by atoms with van der Waals surface area (Å²) in [6.07, 6.45) is 2.94. The van der Waals surface area contributed by atoms with E-state index < -0.39 is 10.0 Å². The van der Waals surface area contributed by atoms with Crippen LogP contribution in [0.25, 0.3) is 0 Å². The van der Waals surface area contributed by atoms with Crippen LogP contribution in [0.1, 0.15) is 6.92 Å². The van der Waals surface area contributed by atoms with Crippen molar-refractivity contribution < 1.29 is 8.42 Å². The van der Waals surface area contributed by atoms with Crippen LogP contribution < -0.4 is 10.0 Å². The highest BCUT2D eigenvalue weighted by Gasteiger charge is 2.21. The minimum absolute atomic E-state index is 0.0561. The summed E-state index contributed by atoms with van der Waals surface area (Å²) in [6.45, 7) is 2.48. The van der Waals surface area contributed by atoms with E-state index >= 15 is 0 Å². The highest BCUT2D eigenvalue weighted by molar-refractivity contribution is 9.10. The third-order valence-electron chi connectivity index (χ3n) is 2.38. The number of hydrogen-bond donors (Lipinski definition) is 2. The molecule has 0 amide bonds. The molecule has 0 unspecified atom stereocenters. The second-order valence-electron chi connectivity index (χ2n) is 3.83. The maximum atomic E-state index is 12.4. The minimum atomic E-state index is -3.80. The summed E-state index contributed by atoms with van der Waals surface area (Å²) < 4.78 is 27.7. The highest BCUT2D eigenvalue weighted by atomic mass is 79.9. The van der Waals surface area contributed by atoms with Gasteiger partial charge in [0.05, 0.1) is 10.2 Å². The Morgan fingerprint density at radius 2 is 1.90 bits per heavy atom. The molecule has 2 aromatic rings. The van der Waals surface area contributed by atoms with Crippen molar-refractivity contribution in [2.45, 2.75) is 11.9 Å². The molecule has 0 aliphatic carbocycles. The predicted octanol–water partition coefficient (Wildman–Crippen LogP) is 2.47. The quantitative estimate of drug-likeness (QED) is 0.859. The number of pyridine rings is 2. The molecule has 0 fully saturated rings. The number of nitrogens with zero attached hydrogens (tertiary/aromatic N) is 2. The minimum Gasteiger partial charge on any atom is -0.383 e. The van der Waals surface area contributed by atoms with Gasteiger partial charge >= 0.3 is 0 Å². The van der Waals surface area contributed by atoms with Crippen LogP contribution in [0.2, 0.25) is 0 Å². The van der Waals surface area contributed by atoms with E-state index in [0.717, 1.165) is 0 Å². The Labute approximate surface area is 125 Å². The van der Waals surface area contributed by atoms with Gasteiger partial charge in [-0.1, -0.05) is 0 Å². The Morgan fingerprint density at radius 1 is 1.20 bits per heavy atom. The van der Waals surface area contributed by atoms with Crippen LogP contribution >= 0.6 is 15.9 Å². The number of aromatic nitrogens is 2. The summed E-state index contributed by atoms with van der Waals surface area (Å²) in [7, 11) is -3.80. The van der Waals surface area contributed by atoms with E-state index in [-0.39, 0.29) is 10.8 Å². The Bertz CT molecular complexity index is 706. The van der Waals surface area contributed by atoms with Crippen molar-refractivity contribution in [3.63, 3.8) is 0 Å². The lowest BCUT2D eigenvalue weighted by Gasteiger charge is -2.12. The average Bonchev–Trinajstić information content (AvgIpc) is 2.42. The van der Waals surface area contributed by atoms with Crippen molar-refractivity contribution in [3.05, 3.63) is 41.1 Å². The molecule has 0 saturated heterocycles. The normalized spacial score (nSPS) is 11.1. The maximum absolute atomic E-state index is 12.4. The zero-order valence-corrected chi connectivity index (χ0v) is 13.1. The molecule has 2 heterocycles. The van der Waals surface area contributed by atoms with Crippen LogP contribution in [0.4, 0.5) is 11.5 Å². The summed E-state index contributed by atoms with van der Waals surface area (Å²) in [5, 5.41) is 2.91. The standard InChI is InChI=1S/C12H13BrN4O2S/c1-2-14-10-6-4-8-16-12(10)20(18,19)17-11-9(13)5-3-7-15-11/h3-8,14H,2H2,1H3,(H,15,17). The van der Waals surface area contributed by atoms with Crippen molar-refractivity contribution in [2.75, 3.05) is 16.6 Å². The van der Waals surface area contributed by atoms with Gasteiger partial charge in [0.1, 0.15) is 0 Å². The van der Waals surface area contributed by atoms with Crippen molar-refractivity contribution >= 4 is 37.5 Å². The van der Waals surface area contributed by atoms with E-state index in [1.807, 2.05) is 6.92 Å². The van der Waals surface area contributed by atoms with Gasteiger partial charge in [-0.2, -0.15) is 8.42 Å². The zero-order valence-electron chi connectivity index (χ0n) is 10.7. The average molecular weight is 357 g/mol. The Hall–Kier alpha value is -1.67. The van der Waals surface area contributed by atoms with Crippen LogP contribution in [-0.4, -0.2) is 24.9 Å². The van der Waals surface area contributed by atoms with Gasteiger partial charge in [0.15, 0.2) is 10.8 Å². The first-order valence-electron chi connectivity index (χ1n) is 5.87. The molecule has 0 radical (unpaired) electrons. The highest BCUT2D eigenvalue weighted by Crippen LogP contribution is 2.24. The Morgan fingerprint density at radius 3 is 2.60 bits per heavy atom. The fraction of sp³-hybridized carbons (Fsp3) is 0.167. The summed E-state index contributed by atoms with van der Waals surface area (Å²) in [6, 6.07) is 6.74. The summed E-state index contributed by atoms with van der Waals surface area (Å²) >= 11 is 3.25. The molecule has 0 aromatic carbocycles. The topological polar surface area (TPSA) is 84.0 Å². The van der Waals surface area contributed by atoms with E-state index in [1.165, 1.54) is 12.4 Å². The van der Waals surface area contributed by atoms with Gasteiger partial charge in [0, 0.05) is 18.9 Å². The molecule has 2 N–H and O–H groups in total. The predicted molar refractivity (Wildman–Crippen MR) is 81.1 cm³/mol. The van der Waals surface area contributed by atoms with Crippen molar-refractivity contribution in [3.8, 4) is 0 Å². The summed E-state index contributed by atoms with van der Waals surface area (Å²) in [4.78, 5) is 7.92. The van der Waals surface area contributed by atoms with Crippen molar-refractivity contribution in [1.29, 1.82) is 0 Å². The van der Waals surface area contributed by atoms with Crippen LogP contribution in [-0.2, 0) is 10.0 Å². The lowest BCUT2D eigenvalue weighted by molar-refractivity contribution is 0.597. The van der Waals surface area contributed by atoms with Gasteiger partial charge in [-0.3, -0.25) is 4.72 Å². The zero-order chi connectivity index (χ0) is 14.6. The first-order valence-corrected chi connectivity index (χ1v) is 8.14. The molecule has 0 spiro atoms. The number of rotatable bonds is 5. The number of halogens is 1. The van der Waals surface area contributed by atoms with E-state index in [4.69, 9.17) is 0 Å². The van der Waals surface area contributed by atoms with Crippen LogP contribution in [0.3, 0.4) is 0 Å². The molecular formula is C12H13BrN4O2S. The first-order chi connectivity index (χ1) is 9.54. The Kier molecular flexibility index (Phi) is 4.56. The van der Waals surface area contributed by atoms with Gasteiger partial charge in [-0.25, -0.2) is 9.97 Å². The first kappa shape index (κ1) is 14.7. The lowest BCUT2D eigenvalue weighted by atomic mass is 10.4. The number of anilines is 2. The van der Waals surface area contributed by atoms with E-state index in [0.29, 0.717) is 16.7 Å². The maximum Gasteiger partial charge on any atom is 0.282 e. The molecule has 0 aliphatic rings. The van der Waals surface area contributed by atoms with Gasteiger partial charge in [0.25, 0.3) is 10.0 Å². The molecule has 0 bridgehead atoms. The largest absolute Gasteiger partial charge is 0.383 e. The molecule has 8 heteroatoms. The molecule has 20 heavy (non-hydrogen) atoms. The SMILES string of the molecule is CCNc1cccnc1S(=O)(=O)Nc1ncccc1Br. The molecule has 2 aromatic heterocycles. The fourth-order valence-electron chi connectivity index (χ4n) is 1.57. The van der Waals surface area contributed by atoms with Crippen LogP contribution in [0.15, 0.2) is 46.2 Å². The van der Waals surface area contributed by atoms with Crippen LogP contribution in [0, 0.1) is 0 Å². The second-order valence-corrected chi connectivity index (χ2v) is 6.28. The van der Waals surface area contributed by atoms with Crippen molar-refractivity contribution in [2.24, 2.45) is 0 Å². The molecule has 6 nitrogen and oxygen atoms in total. The van der Waals surface area contributed by atoms with Gasteiger partial charge < -0.3 is 5.32 Å². The fourth-order valence-corrected chi connectivity index (χ4v) is 3.19. The van der Waals surface area contributed by atoms with E-state index in [1.54, 1.807) is 24.3 Å². The monoisotopic (exact) mass is 356 g/mol.